The molecule has 1 aromatic heterocycles. The molecule has 0 spiro atoms. The highest BCUT2D eigenvalue weighted by molar-refractivity contribution is 7.79. The molecule has 5 heteroatoms. The van der Waals surface area contributed by atoms with Crippen LogP contribution in [-0.2, 0) is 11.1 Å². The smallest absolute Gasteiger partial charge is 0.178 e. The molecular formula is C8H4FO3S-. The van der Waals surface area contributed by atoms with Crippen LogP contribution in [-0.4, -0.2) is 8.76 Å². The molecule has 0 aliphatic carbocycles. The monoisotopic (exact) mass is 199 g/mol. The SMILES string of the molecule is O=S([O-])c1cc2cc(F)ccc2o1. The molecule has 1 aromatic carbocycles. The molecule has 2 aromatic rings. The van der Waals surface area contributed by atoms with Crippen molar-refractivity contribution in [2.24, 2.45) is 0 Å². The molecule has 0 radical (unpaired) electrons. The van der Waals surface area contributed by atoms with Gasteiger partial charge < -0.3 is 8.97 Å². The van der Waals surface area contributed by atoms with E-state index in [2.05, 4.69) is 0 Å². The summed E-state index contributed by atoms with van der Waals surface area (Å²) in [6.07, 6.45) is 0. The molecule has 1 unspecified atom stereocenters. The standard InChI is InChI=1S/C8H5FO3S/c9-6-1-2-7-5(3-6)4-8(12-7)13(10)11/h1-4H,(H,10,11)/p-1. The van der Waals surface area contributed by atoms with E-state index in [0.717, 1.165) is 0 Å². The number of hydrogen-bond donors (Lipinski definition) is 0. The molecule has 13 heavy (non-hydrogen) atoms. The lowest BCUT2D eigenvalue weighted by atomic mass is 10.2. The summed E-state index contributed by atoms with van der Waals surface area (Å²) in [7, 11) is 0. The molecule has 0 aliphatic rings. The van der Waals surface area contributed by atoms with Crippen LogP contribution in [0.5, 0.6) is 0 Å². The summed E-state index contributed by atoms with van der Waals surface area (Å²) in [6, 6.07) is 5.10. The summed E-state index contributed by atoms with van der Waals surface area (Å²) < 4.78 is 38.5. The van der Waals surface area contributed by atoms with Gasteiger partial charge in [0.15, 0.2) is 5.09 Å². The Morgan fingerprint density at radius 3 is 2.85 bits per heavy atom. The molecule has 0 amide bonds. The lowest BCUT2D eigenvalue weighted by molar-refractivity contribution is 0.459. The van der Waals surface area contributed by atoms with Gasteiger partial charge in [-0.1, -0.05) is 0 Å². The van der Waals surface area contributed by atoms with Crippen molar-refractivity contribution in [3.05, 3.63) is 30.1 Å². The molecule has 1 heterocycles. The number of halogens is 1. The number of fused-ring (bicyclic) bond motifs is 1. The summed E-state index contributed by atoms with van der Waals surface area (Å²) in [5, 5.41) is 0.264. The normalized spacial score (nSPS) is 13.4. The molecule has 1 atom stereocenters. The van der Waals surface area contributed by atoms with Gasteiger partial charge in [-0.2, -0.15) is 0 Å². The van der Waals surface area contributed by atoms with E-state index < -0.39 is 16.9 Å². The second-order valence-corrected chi connectivity index (χ2v) is 3.35. The first-order valence-corrected chi connectivity index (χ1v) is 4.52. The zero-order valence-corrected chi connectivity index (χ0v) is 7.14. The van der Waals surface area contributed by atoms with Crippen LogP contribution >= 0.6 is 0 Å². The quantitative estimate of drug-likeness (QED) is 0.658. The fourth-order valence-corrected chi connectivity index (χ4v) is 1.45. The van der Waals surface area contributed by atoms with Crippen LogP contribution in [0.15, 0.2) is 33.8 Å². The Labute approximate surface area is 75.5 Å². The maximum absolute atomic E-state index is 12.7. The first kappa shape index (κ1) is 8.40. The van der Waals surface area contributed by atoms with Crippen LogP contribution in [0.2, 0.25) is 0 Å². The van der Waals surface area contributed by atoms with Crippen molar-refractivity contribution in [1.29, 1.82) is 0 Å². The predicted octanol–water partition coefficient (Wildman–Crippen LogP) is 1.81. The highest BCUT2D eigenvalue weighted by atomic mass is 32.2. The molecule has 2 rings (SSSR count). The number of furan rings is 1. The molecule has 0 saturated heterocycles. The van der Waals surface area contributed by atoms with Crippen molar-refractivity contribution >= 4 is 22.0 Å². The second kappa shape index (κ2) is 2.93. The van der Waals surface area contributed by atoms with E-state index in [9.17, 15) is 13.2 Å². The molecule has 3 nitrogen and oxygen atoms in total. The third-order valence-electron chi connectivity index (χ3n) is 1.62. The third-order valence-corrected chi connectivity index (χ3v) is 2.15. The van der Waals surface area contributed by atoms with E-state index >= 15 is 0 Å². The van der Waals surface area contributed by atoms with Gasteiger partial charge in [0.2, 0.25) is 0 Å². The largest absolute Gasteiger partial charge is 0.766 e. The summed E-state index contributed by atoms with van der Waals surface area (Å²) in [4.78, 5) is 0. The fourth-order valence-electron chi connectivity index (χ4n) is 1.07. The van der Waals surface area contributed by atoms with Gasteiger partial charge in [-0.15, -0.1) is 0 Å². The highest BCUT2D eigenvalue weighted by Gasteiger charge is 2.04. The fraction of sp³-hybridized carbons (Fsp3) is 0. The van der Waals surface area contributed by atoms with Crippen LogP contribution in [0.4, 0.5) is 4.39 Å². The van der Waals surface area contributed by atoms with Gasteiger partial charge >= 0.3 is 0 Å². The zero-order chi connectivity index (χ0) is 9.42. The van der Waals surface area contributed by atoms with Gasteiger partial charge in [-0.25, -0.2) is 4.39 Å². The van der Waals surface area contributed by atoms with Gasteiger partial charge in [0, 0.05) is 22.5 Å². The minimum Gasteiger partial charge on any atom is -0.766 e. The van der Waals surface area contributed by atoms with Crippen molar-refractivity contribution in [1.82, 2.24) is 0 Å². The average molecular weight is 199 g/mol. The van der Waals surface area contributed by atoms with E-state index in [1.807, 2.05) is 0 Å². The maximum atomic E-state index is 12.7. The van der Waals surface area contributed by atoms with Crippen LogP contribution in [0.1, 0.15) is 0 Å². The van der Waals surface area contributed by atoms with Gasteiger partial charge in [-0.05, 0) is 18.2 Å². The van der Waals surface area contributed by atoms with Gasteiger partial charge in [0.1, 0.15) is 11.4 Å². The summed E-state index contributed by atoms with van der Waals surface area (Å²) in [5.74, 6) is -0.420. The third kappa shape index (κ3) is 1.48. The average Bonchev–Trinajstić information content (AvgIpc) is 2.46. The Kier molecular flexibility index (Phi) is 1.90. The molecule has 0 aliphatic heterocycles. The summed E-state index contributed by atoms with van der Waals surface area (Å²) >= 11 is -2.41. The van der Waals surface area contributed by atoms with Crippen LogP contribution < -0.4 is 0 Å². The lowest BCUT2D eigenvalue weighted by Gasteiger charge is -1.96. The van der Waals surface area contributed by atoms with E-state index in [-0.39, 0.29) is 5.09 Å². The maximum Gasteiger partial charge on any atom is 0.178 e. The van der Waals surface area contributed by atoms with Gasteiger partial charge in [0.05, 0.1) is 0 Å². The Morgan fingerprint density at radius 2 is 2.15 bits per heavy atom. The van der Waals surface area contributed by atoms with Gasteiger partial charge in [-0.3, -0.25) is 4.21 Å². The second-order valence-electron chi connectivity index (χ2n) is 2.48. The minimum absolute atomic E-state index is 0.180. The van der Waals surface area contributed by atoms with Gasteiger partial charge in [0.25, 0.3) is 0 Å². The predicted molar refractivity (Wildman–Crippen MR) is 43.4 cm³/mol. The van der Waals surface area contributed by atoms with Crippen molar-refractivity contribution in [3.63, 3.8) is 0 Å². The van der Waals surface area contributed by atoms with E-state index in [4.69, 9.17) is 4.42 Å². The Morgan fingerprint density at radius 1 is 1.38 bits per heavy atom. The Hall–Kier alpha value is -1.20. The van der Waals surface area contributed by atoms with Crippen molar-refractivity contribution in [3.8, 4) is 0 Å². The van der Waals surface area contributed by atoms with Crippen LogP contribution in [0.25, 0.3) is 11.0 Å². The van der Waals surface area contributed by atoms with Crippen molar-refractivity contribution < 1.29 is 17.6 Å². The first-order chi connectivity index (χ1) is 6.16. The summed E-state index contributed by atoms with van der Waals surface area (Å²) in [5.41, 5.74) is 0.362. The molecule has 0 N–H and O–H groups in total. The number of hydrogen-bond acceptors (Lipinski definition) is 3. The van der Waals surface area contributed by atoms with E-state index in [1.165, 1.54) is 24.3 Å². The minimum atomic E-state index is -2.41. The lowest BCUT2D eigenvalue weighted by Crippen LogP contribution is -1.82. The number of benzene rings is 1. The van der Waals surface area contributed by atoms with Crippen molar-refractivity contribution in [2.45, 2.75) is 5.09 Å². The molecule has 0 saturated carbocycles. The summed E-state index contributed by atoms with van der Waals surface area (Å²) in [6.45, 7) is 0. The zero-order valence-electron chi connectivity index (χ0n) is 6.32. The Bertz CT molecular complexity index is 477. The van der Waals surface area contributed by atoms with E-state index in [0.29, 0.717) is 11.0 Å². The highest BCUT2D eigenvalue weighted by Crippen LogP contribution is 2.21. The Balaban J connectivity index is 2.68. The first-order valence-electron chi connectivity index (χ1n) is 3.45. The molecule has 0 fully saturated rings. The molecule has 68 valence electrons. The van der Waals surface area contributed by atoms with Crippen LogP contribution in [0.3, 0.4) is 0 Å². The van der Waals surface area contributed by atoms with Crippen LogP contribution in [0, 0.1) is 5.82 Å². The number of rotatable bonds is 1. The molecular weight excluding hydrogens is 195 g/mol. The topological polar surface area (TPSA) is 53.3 Å². The molecule has 0 bridgehead atoms. The van der Waals surface area contributed by atoms with E-state index in [1.54, 1.807) is 0 Å². The van der Waals surface area contributed by atoms with Crippen molar-refractivity contribution in [2.75, 3.05) is 0 Å².